The fourth-order valence-corrected chi connectivity index (χ4v) is 3.08. The molecule has 0 amide bonds. The number of aryl methyl sites for hydroxylation is 1. The molecule has 2 aromatic rings. The van der Waals surface area contributed by atoms with Crippen LogP contribution in [0.25, 0.3) is 0 Å². The maximum atomic E-state index is 13.6. The van der Waals surface area contributed by atoms with Crippen LogP contribution >= 0.6 is 0 Å². The van der Waals surface area contributed by atoms with Gasteiger partial charge in [0.2, 0.25) is 16.0 Å². The second-order valence-electron chi connectivity index (χ2n) is 5.48. The van der Waals surface area contributed by atoms with Crippen molar-refractivity contribution in [3.8, 4) is 0 Å². The molecule has 1 heterocycles. The zero-order valence-electron chi connectivity index (χ0n) is 14.0. The molecule has 0 aliphatic carbocycles. The van der Waals surface area contributed by atoms with Gasteiger partial charge in [-0.25, -0.2) is 26.9 Å². The lowest BCUT2D eigenvalue weighted by molar-refractivity contribution is 0.543. The van der Waals surface area contributed by atoms with Crippen LogP contribution in [0.1, 0.15) is 5.69 Å². The van der Waals surface area contributed by atoms with E-state index in [1.807, 2.05) is 32.0 Å². The van der Waals surface area contributed by atoms with Gasteiger partial charge < -0.3 is 10.2 Å². The van der Waals surface area contributed by atoms with Crippen molar-refractivity contribution in [3.63, 3.8) is 0 Å². The van der Waals surface area contributed by atoms with E-state index in [0.29, 0.717) is 17.8 Å². The summed E-state index contributed by atoms with van der Waals surface area (Å²) in [6.45, 7) is 1.99. The Bertz CT molecular complexity index is 859. The minimum absolute atomic E-state index is 0.0201. The lowest BCUT2D eigenvalue weighted by Crippen LogP contribution is -2.30. The Morgan fingerprint density at radius 1 is 1.12 bits per heavy atom. The lowest BCUT2D eigenvalue weighted by atomic mass is 10.3. The molecule has 2 rings (SSSR count). The van der Waals surface area contributed by atoms with Crippen molar-refractivity contribution in [1.29, 1.82) is 0 Å². The van der Waals surface area contributed by atoms with Crippen molar-refractivity contribution in [2.24, 2.45) is 0 Å². The molecule has 0 unspecified atom stereocenters. The molecule has 0 saturated heterocycles. The van der Waals surface area contributed by atoms with Crippen molar-refractivity contribution >= 4 is 21.8 Å². The van der Waals surface area contributed by atoms with Gasteiger partial charge in [0.1, 0.15) is 22.3 Å². The highest BCUT2D eigenvalue weighted by Gasteiger charge is 2.18. The summed E-state index contributed by atoms with van der Waals surface area (Å²) < 4.78 is 52.8. The molecule has 1 aromatic carbocycles. The second kappa shape index (κ2) is 7.70. The number of sulfonamides is 1. The third-order valence-electron chi connectivity index (χ3n) is 3.18. The summed E-state index contributed by atoms with van der Waals surface area (Å²) in [6, 6.07) is 4.11. The van der Waals surface area contributed by atoms with Crippen molar-refractivity contribution in [2.45, 2.75) is 11.8 Å². The Labute approximate surface area is 145 Å². The number of halogens is 2. The summed E-state index contributed by atoms with van der Waals surface area (Å²) in [5.74, 6) is -0.913. The van der Waals surface area contributed by atoms with E-state index in [0.717, 1.165) is 17.8 Å². The third kappa shape index (κ3) is 5.07. The Kier molecular flexibility index (Phi) is 5.85. The van der Waals surface area contributed by atoms with Gasteiger partial charge in [-0.3, -0.25) is 0 Å². The predicted octanol–water partition coefficient (Wildman–Crippen LogP) is 1.52. The first-order valence-electron chi connectivity index (χ1n) is 7.40. The van der Waals surface area contributed by atoms with Crippen LogP contribution in [0.4, 0.5) is 20.5 Å². The molecule has 7 nitrogen and oxygen atoms in total. The van der Waals surface area contributed by atoms with Crippen LogP contribution in [0.3, 0.4) is 0 Å². The van der Waals surface area contributed by atoms with Gasteiger partial charge in [0, 0.05) is 45.0 Å². The summed E-state index contributed by atoms with van der Waals surface area (Å²) in [6.07, 6.45) is 0. The molecule has 136 valence electrons. The van der Waals surface area contributed by atoms with Gasteiger partial charge >= 0.3 is 0 Å². The molecular formula is C15H19F2N5O2S. The van der Waals surface area contributed by atoms with E-state index in [4.69, 9.17) is 0 Å². The summed E-state index contributed by atoms with van der Waals surface area (Å²) in [5.41, 5.74) is 0.759. The average Bonchev–Trinajstić information content (AvgIpc) is 2.50. The van der Waals surface area contributed by atoms with Gasteiger partial charge in [-0.05, 0) is 19.1 Å². The van der Waals surface area contributed by atoms with Crippen molar-refractivity contribution in [1.82, 2.24) is 14.7 Å². The number of nitrogens with one attached hydrogen (secondary N) is 2. The van der Waals surface area contributed by atoms with Gasteiger partial charge in [-0.1, -0.05) is 0 Å². The number of aromatic nitrogens is 2. The lowest BCUT2D eigenvalue weighted by Gasteiger charge is -2.14. The molecule has 0 fully saturated rings. The smallest absolute Gasteiger partial charge is 0.243 e. The molecule has 0 aliphatic heterocycles. The zero-order valence-corrected chi connectivity index (χ0v) is 14.9. The normalized spacial score (nSPS) is 11.4. The van der Waals surface area contributed by atoms with Crippen LogP contribution < -0.4 is 14.9 Å². The van der Waals surface area contributed by atoms with Crippen LogP contribution in [0.5, 0.6) is 0 Å². The number of rotatable bonds is 7. The highest BCUT2D eigenvalue weighted by atomic mass is 32.2. The van der Waals surface area contributed by atoms with E-state index in [1.54, 1.807) is 0 Å². The van der Waals surface area contributed by atoms with E-state index in [2.05, 4.69) is 20.0 Å². The minimum atomic E-state index is -4.07. The maximum Gasteiger partial charge on any atom is 0.243 e. The van der Waals surface area contributed by atoms with E-state index >= 15 is 0 Å². The largest absolute Gasteiger partial charge is 0.363 e. The van der Waals surface area contributed by atoms with Crippen molar-refractivity contribution in [3.05, 3.63) is 41.6 Å². The fraction of sp³-hybridized carbons (Fsp3) is 0.333. The van der Waals surface area contributed by atoms with E-state index in [-0.39, 0.29) is 13.1 Å². The van der Waals surface area contributed by atoms with Crippen LogP contribution in [0.2, 0.25) is 0 Å². The molecule has 0 atom stereocenters. The van der Waals surface area contributed by atoms with E-state index in [9.17, 15) is 17.2 Å². The highest BCUT2D eigenvalue weighted by molar-refractivity contribution is 7.89. The SMILES string of the molecule is Cc1cc(N(C)C)nc(NCCNS(=O)(=O)c2ccc(F)cc2F)n1. The van der Waals surface area contributed by atoms with Crippen LogP contribution in [-0.2, 0) is 10.0 Å². The molecule has 0 radical (unpaired) electrons. The van der Waals surface area contributed by atoms with Gasteiger partial charge in [0.15, 0.2) is 0 Å². The van der Waals surface area contributed by atoms with Crippen LogP contribution in [-0.4, -0.2) is 45.6 Å². The second-order valence-corrected chi connectivity index (χ2v) is 7.22. The molecule has 0 saturated carbocycles. The summed E-state index contributed by atoms with van der Waals surface area (Å²) >= 11 is 0. The Morgan fingerprint density at radius 2 is 1.84 bits per heavy atom. The quantitative estimate of drug-likeness (QED) is 0.718. The van der Waals surface area contributed by atoms with Crippen LogP contribution in [0, 0.1) is 18.6 Å². The fourth-order valence-electron chi connectivity index (χ4n) is 1.99. The third-order valence-corrected chi connectivity index (χ3v) is 4.68. The number of nitrogens with zero attached hydrogens (tertiary/aromatic N) is 3. The first-order chi connectivity index (χ1) is 11.7. The van der Waals surface area contributed by atoms with Gasteiger partial charge in [-0.15, -0.1) is 0 Å². The topological polar surface area (TPSA) is 87.2 Å². The summed E-state index contributed by atoms with van der Waals surface area (Å²) in [5, 5.41) is 2.90. The number of hydrogen-bond acceptors (Lipinski definition) is 6. The van der Waals surface area contributed by atoms with Gasteiger partial charge in [0.05, 0.1) is 0 Å². The molecule has 0 bridgehead atoms. The van der Waals surface area contributed by atoms with Gasteiger partial charge in [0.25, 0.3) is 0 Å². The standard InChI is InChI=1S/C15H19F2N5O2S/c1-10-8-14(22(2)3)21-15(20-10)18-6-7-19-25(23,24)13-5-4-11(16)9-12(13)17/h4-5,8-9,19H,6-7H2,1-3H3,(H,18,20,21). The highest BCUT2D eigenvalue weighted by Crippen LogP contribution is 2.15. The number of benzene rings is 1. The Balaban J connectivity index is 1.97. The molecular weight excluding hydrogens is 352 g/mol. The summed E-state index contributed by atoms with van der Waals surface area (Å²) in [7, 11) is -0.384. The van der Waals surface area contributed by atoms with Crippen molar-refractivity contribution < 1.29 is 17.2 Å². The average molecular weight is 371 g/mol. The molecule has 2 N–H and O–H groups in total. The first-order valence-corrected chi connectivity index (χ1v) is 8.89. The first kappa shape index (κ1) is 19.0. The predicted molar refractivity (Wildman–Crippen MR) is 91.1 cm³/mol. The van der Waals surface area contributed by atoms with Gasteiger partial charge in [-0.2, -0.15) is 4.98 Å². The van der Waals surface area contributed by atoms with E-state index in [1.165, 1.54) is 0 Å². The van der Waals surface area contributed by atoms with E-state index < -0.39 is 26.6 Å². The monoisotopic (exact) mass is 371 g/mol. The zero-order chi connectivity index (χ0) is 18.6. The molecule has 25 heavy (non-hydrogen) atoms. The van der Waals surface area contributed by atoms with Crippen LogP contribution in [0.15, 0.2) is 29.2 Å². The minimum Gasteiger partial charge on any atom is -0.363 e. The number of anilines is 2. The molecule has 1 aromatic heterocycles. The Hall–Kier alpha value is -2.33. The molecule has 0 aliphatic rings. The summed E-state index contributed by atoms with van der Waals surface area (Å²) in [4.78, 5) is 9.70. The van der Waals surface area contributed by atoms with Crippen molar-refractivity contribution in [2.75, 3.05) is 37.4 Å². The molecule has 10 heteroatoms. The Morgan fingerprint density at radius 3 is 2.48 bits per heavy atom. The molecule has 0 spiro atoms. The maximum absolute atomic E-state index is 13.6. The number of hydrogen-bond donors (Lipinski definition) is 2.